The Morgan fingerprint density at radius 3 is 2.64 bits per heavy atom. The van der Waals surface area contributed by atoms with Crippen LogP contribution in [0.5, 0.6) is 0 Å². The average molecular weight is 215 g/mol. The van der Waals surface area contributed by atoms with Crippen LogP contribution in [-0.2, 0) is 0 Å². The lowest BCUT2D eigenvalue weighted by atomic mass is 9.54. The lowest BCUT2D eigenvalue weighted by molar-refractivity contribution is -0.135. The first kappa shape index (κ1) is 10.8. The molecular formula is C11H21NOS. The Hall–Kier alpha value is 0.270. The molecule has 2 aliphatic rings. The van der Waals surface area contributed by atoms with E-state index in [1.54, 1.807) is 0 Å². The van der Waals surface area contributed by atoms with Gasteiger partial charge in [0.2, 0.25) is 0 Å². The third-order valence-electron chi connectivity index (χ3n) is 3.90. The highest BCUT2D eigenvalue weighted by Gasteiger charge is 2.54. The van der Waals surface area contributed by atoms with Crippen molar-refractivity contribution < 1.29 is 5.11 Å². The van der Waals surface area contributed by atoms with Crippen LogP contribution in [0.2, 0.25) is 0 Å². The van der Waals surface area contributed by atoms with E-state index in [0.717, 1.165) is 25.3 Å². The third-order valence-corrected chi connectivity index (χ3v) is 5.11. The zero-order valence-corrected chi connectivity index (χ0v) is 9.78. The quantitative estimate of drug-likeness (QED) is 0.736. The second-order valence-corrected chi connectivity index (χ2v) is 6.48. The van der Waals surface area contributed by atoms with Gasteiger partial charge in [-0.3, -0.25) is 0 Å². The van der Waals surface area contributed by atoms with Crippen LogP contribution in [0.4, 0.5) is 0 Å². The van der Waals surface area contributed by atoms with Gasteiger partial charge in [-0.2, -0.15) is 11.8 Å². The number of hydrogen-bond donors (Lipinski definition) is 2. The summed E-state index contributed by atoms with van der Waals surface area (Å²) in [6.07, 6.45) is 4.49. The van der Waals surface area contributed by atoms with Crippen molar-refractivity contribution in [1.82, 2.24) is 0 Å². The van der Waals surface area contributed by atoms with E-state index in [0.29, 0.717) is 0 Å². The molecule has 0 bridgehead atoms. The molecule has 2 nitrogen and oxygen atoms in total. The molecule has 0 radical (unpaired) electrons. The van der Waals surface area contributed by atoms with Gasteiger partial charge in [0, 0.05) is 0 Å². The van der Waals surface area contributed by atoms with Gasteiger partial charge >= 0.3 is 0 Å². The Labute approximate surface area is 90.6 Å². The minimum atomic E-state index is -0.429. The van der Waals surface area contributed by atoms with Crippen molar-refractivity contribution in [2.75, 3.05) is 18.1 Å². The van der Waals surface area contributed by atoms with Crippen molar-refractivity contribution in [3.05, 3.63) is 0 Å². The molecule has 1 saturated carbocycles. The highest BCUT2D eigenvalue weighted by molar-refractivity contribution is 7.99. The van der Waals surface area contributed by atoms with Crippen LogP contribution in [0.25, 0.3) is 0 Å². The Morgan fingerprint density at radius 1 is 1.50 bits per heavy atom. The fourth-order valence-corrected chi connectivity index (χ4v) is 4.63. The van der Waals surface area contributed by atoms with Gasteiger partial charge in [-0.05, 0) is 62.0 Å². The smallest absolute Gasteiger partial charge is 0.0631 e. The summed E-state index contributed by atoms with van der Waals surface area (Å²) in [5.41, 5.74) is 5.75. The van der Waals surface area contributed by atoms with Gasteiger partial charge in [0.1, 0.15) is 0 Å². The first-order chi connectivity index (χ1) is 6.58. The summed E-state index contributed by atoms with van der Waals surface area (Å²) in [6, 6.07) is 0. The van der Waals surface area contributed by atoms with Crippen LogP contribution in [0.1, 0.15) is 32.6 Å². The van der Waals surface area contributed by atoms with Crippen LogP contribution in [0.3, 0.4) is 0 Å². The highest BCUT2D eigenvalue weighted by atomic mass is 32.2. The topological polar surface area (TPSA) is 46.2 Å². The molecule has 1 saturated heterocycles. The number of rotatable bonds is 2. The summed E-state index contributed by atoms with van der Waals surface area (Å²) >= 11 is 2.06. The lowest BCUT2D eigenvalue weighted by Crippen LogP contribution is -2.58. The SMILES string of the molecule is CC1(O)CC(CN)(C2CCCSC2)C1. The van der Waals surface area contributed by atoms with Gasteiger partial charge in [-0.25, -0.2) is 0 Å². The van der Waals surface area contributed by atoms with E-state index < -0.39 is 5.60 Å². The predicted octanol–water partition coefficient (Wildman–Crippen LogP) is 1.62. The molecule has 1 unspecified atom stereocenters. The van der Waals surface area contributed by atoms with E-state index in [9.17, 15) is 5.11 Å². The minimum Gasteiger partial charge on any atom is -0.390 e. The highest BCUT2D eigenvalue weighted by Crippen LogP contribution is 2.55. The monoisotopic (exact) mass is 215 g/mol. The Bertz CT molecular complexity index is 203. The van der Waals surface area contributed by atoms with E-state index in [1.807, 2.05) is 6.92 Å². The third kappa shape index (κ3) is 1.82. The van der Waals surface area contributed by atoms with E-state index in [4.69, 9.17) is 5.73 Å². The first-order valence-electron chi connectivity index (χ1n) is 5.58. The molecule has 0 aromatic rings. The number of hydrogen-bond acceptors (Lipinski definition) is 3. The van der Waals surface area contributed by atoms with Crippen molar-refractivity contribution >= 4 is 11.8 Å². The van der Waals surface area contributed by atoms with E-state index in [2.05, 4.69) is 11.8 Å². The van der Waals surface area contributed by atoms with Crippen LogP contribution in [-0.4, -0.2) is 28.8 Å². The summed E-state index contributed by atoms with van der Waals surface area (Å²) in [5, 5.41) is 9.85. The van der Waals surface area contributed by atoms with Gasteiger partial charge in [-0.15, -0.1) is 0 Å². The Kier molecular flexibility index (Phi) is 2.84. The molecule has 1 heterocycles. The second-order valence-electron chi connectivity index (χ2n) is 5.33. The molecular weight excluding hydrogens is 194 g/mol. The van der Waals surface area contributed by atoms with Crippen molar-refractivity contribution in [1.29, 1.82) is 0 Å². The Balaban J connectivity index is 1.99. The summed E-state index contributed by atoms with van der Waals surface area (Å²) in [5.74, 6) is 3.33. The summed E-state index contributed by atoms with van der Waals surface area (Å²) in [7, 11) is 0. The lowest BCUT2D eigenvalue weighted by Gasteiger charge is -2.56. The van der Waals surface area contributed by atoms with Gasteiger partial charge in [-0.1, -0.05) is 0 Å². The van der Waals surface area contributed by atoms with Crippen LogP contribution >= 0.6 is 11.8 Å². The molecule has 0 amide bonds. The van der Waals surface area contributed by atoms with Crippen molar-refractivity contribution in [3.63, 3.8) is 0 Å². The Morgan fingerprint density at radius 2 is 2.21 bits per heavy atom. The number of nitrogens with two attached hydrogens (primary N) is 1. The van der Waals surface area contributed by atoms with Gasteiger partial charge < -0.3 is 10.8 Å². The van der Waals surface area contributed by atoms with Crippen LogP contribution in [0.15, 0.2) is 0 Å². The van der Waals surface area contributed by atoms with Gasteiger partial charge in [0.05, 0.1) is 5.60 Å². The molecule has 3 N–H and O–H groups in total. The molecule has 0 aromatic heterocycles. The maximum absolute atomic E-state index is 9.85. The van der Waals surface area contributed by atoms with Gasteiger partial charge in [0.15, 0.2) is 0 Å². The van der Waals surface area contributed by atoms with Crippen LogP contribution in [0, 0.1) is 11.3 Å². The fraction of sp³-hybridized carbons (Fsp3) is 1.00. The molecule has 82 valence electrons. The number of thioether (sulfide) groups is 1. The van der Waals surface area contributed by atoms with E-state index >= 15 is 0 Å². The standard InChI is InChI=1S/C11H21NOS/c1-10(13)6-11(7-10,8-12)9-3-2-4-14-5-9/h9,13H,2-8,12H2,1H3. The molecule has 3 heteroatoms. The molecule has 1 atom stereocenters. The van der Waals surface area contributed by atoms with Gasteiger partial charge in [0.25, 0.3) is 0 Å². The zero-order chi connectivity index (χ0) is 10.2. The first-order valence-corrected chi connectivity index (χ1v) is 6.74. The largest absolute Gasteiger partial charge is 0.390 e. The predicted molar refractivity (Wildman–Crippen MR) is 61.4 cm³/mol. The molecule has 1 aliphatic carbocycles. The minimum absolute atomic E-state index is 0.275. The second kappa shape index (κ2) is 3.69. The maximum Gasteiger partial charge on any atom is 0.0631 e. The van der Waals surface area contributed by atoms with Crippen molar-refractivity contribution in [2.45, 2.75) is 38.2 Å². The molecule has 0 aromatic carbocycles. The fourth-order valence-electron chi connectivity index (χ4n) is 3.29. The average Bonchev–Trinajstić information content (AvgIpc) is 2.15. The normalized spacial score (nSPS) is 48.6. The van der Waals surface area contributed by atoms with Crippen LogP contribution < -0.4 is 5.73 Å². The maximum atomic E-state index is 9.85. The molecule has 14 heavy (non-hydrogen) atoms. The summed E-state index contributed by atoms with van der Waals surface area (Å²) in [6.45, 7) is 2.70. The molecule has 2 fully saturated rings. The van der Waals surface area contributed by atoms with Crippen molar-refractivity contribution in [3.8, 4) is 0 Å². The number of aliphatic hydroxyl groups is 1. The molecule has 2 rings (SSSR count). The summed E-state index contributed by atoms with van der Waals surface area (Å²) in [4.78, 5) is 0. The van der Waals surface area contributed by atoms with Crippen molar-refractivity contribution in [2.24, 2.45) is 17.1 Å². The summed E-state index contributed by atoms with van der Waals surface area (Å²) < 4.78 is 0. The van der Waals surface area contributed by atoms with E-state index in [1.165, 1.54) is 24.3 Å². The molecule has 1 aliphatic heterocycles. The zero-order valence-electron chi connectivity index (χ0n) is 8.96. The molecule has 0 spiro atoms. The van der Waals surface area contributed by atoms with E-state index in [-0.39, 0.29) is 5.41 Å².